The summed E-state index contributed by atoms with van der Waals surface area (Å²) in [5.74, 6) is -0.503. The molecule has 26 heavy (non-hydrogen) atoms. The van der Waals surface area contributed by atoms with Crippen LogP contribution in [-0.2, 0) is 14.3 Å². The summed E-state index contributed by atoms with van der Waals surface area (Å²) >= 11 is 7.20. The molecule has 4 nitrogen and oxygen atoms in total. The maximum Gasteiger partial charge on any atom is 0.319 e. The zero-order valence-corrected chi connectivity index (χ0v) is 16.6. The van der Waals surface area contributed by atoms with Crippen molar-refractivity contribution in [2.24, 2.45) is 0 Å². The Hall–Kier alpha value is -1.98. The van der Waals surface area contributed by atoms with Crippen molar-refractivity contribution in [3.8, 4) is 0 Å². The number of carbonyl (C=O) groups is 2. The molecule has 0 bridgehead atoms. The number of amides is 1. The number of hydrogen-bond donors (Lipinski definition) is 1. The van der Waals surface area contributed by atoms with Crippen molar-refractivity contribution in [2.75, 3.05) is 11.9 Å². The molecule has 0 aliphatic rings. The largest absolute Gasteiger partial charge is 0.455 e. The Kier molecular flexibility index (Phi) is 7.54. The molecule has 1 amide bonds. The van der Waals surface area contributed by atoms with Crippen LogP contribution in [0.5, 0.6) is 0 Å². The van der Waals surface area contributed by atoms with Crippen LogP contribution in [0.15, 0.2) is 53.4 Å². The highest BCUT2D eigenvalue weighted by Gasteiger charge is 2.18. The smallest absolute Gasteiger partial charge is 0.319 e. The number of anilines is 1. The molecule has 0 saturated heterocycles. The highest BCUT2D eigenvalue weighted by atomic mass is 35.5. The van der Waals surface area contributed by atoms with E-state index in [4.69, 9.17) is 16.3 Å². The van der Waals surface area contributed by atoms with E-state index < -0.39 is 11.2 Å². The lowest BCUT2D eigenvalue weighted by Crippen LogP contribution is -2.25. The first kappa shape index (κ1) is 20.3. The molecule has 0 aliphatic heterocycles. The minimum absolute atomic E-state index is 0.282. The van der Waals surface area contributed by atoms with E-state index in [1.165, 1.54) is 11.8 Å². The molecule has 6 heteroatoms. The number of nitrogens with one attached hydrogen (secondary N) is 1. The van der Waals surface area contributed by atoms with Gasteiger partial charge in [-0.25, -0.2) is 0 Å². The molecule has 2 rings (SSSR count). The van der Waals surface area contributed by atoms with Crippen LogP contribution >= 0.6 is 23.4 Å². The van der Waals surface area contributed by atoms with Gasteiger partial charge in [0.1, 0.15) is 5.25 Å². The van der Waals surface area contributed by atoms with Gasteiger partial charge in [-0.05, 0) is 48.7 Å². The Morgan fingerprint density at radius 1 is 1.08 bits per heavy atom. The Balaban J connectivity index is 1.84. The second-order valence-corrected chi connectivity index (χ2v) is 7.96. The van der Waals surface area contributed by atoms with Crippen LogP contribution in [0.2, 0.25) is 5.02 Å². The third kappa shape index (κ3) is 6.07. The van der Waals surface area contributed by atoms with Crippen LogP contribution < -0.4 is 5.32 Å². The number of hydrogen-bond acceptors (Lipinski definition) is 4. The molecule has 0 fully saturated rings. The lowest BCUT2D eigenvalue weighted by atomic mass is 10.0. The highest BCUT2D eigenvalue weighted by Crippen LogP contribution is 2.26. The lowest BCUT2D eigenvalue weighted by molar-refractivity contribution is -0.146. The quantitative estimate of drug-likeness (QED) is 0.525. The predicted octanol–water partition coefficient (Wildman–Crippen LogP) is 5.13. The normalized spacial score (nSPS) is 11.9. The molecule has 1 N–H and O–H groups in total. The number of ether oxygens (including phenoxy) is 1. The number of para-hydroxylation sites is 1. The zero-order chi connectivity index (χ0) is 19.1. The first-order valence-electron chi connectivity index (χ1n) is 8.34. The van der Waals surface area contributed by atoms with Gasteiger partial charge in [-0.3, -0.25) is 9.59 Å². The van der Waals surface area contributed by atoms with Gasteiger partial charge in [0.2, 0.25) is 0 Å². The SMILES string of the molecule is CC(C)c1ccccc1NC(=O)COC(=O)[C@@H](C)Sc1ccc(Cl)cc1. The van der Waals surface area contributed by atoms with Gasteiger partial charge in [-0.1, -0.05) is 43.6 Å². The number of halogens is 1. The number of carbonyl (C=O) groups excluding carboxylic acids is 2. The van der Waals surface area contributed by atoms with Gasteiger partial charge in [-0.15, -0.1) is 11.8 Å². The van der Waals surface area contributed by atoms with Crippen molar-refractivity contribution in [2.45, 2.75) is 36.8 Å². The molecule has 0 unspecified atom stereocenters. The van der Waals surface area contributed by atoms with E-state index in [0.717, 1.165) is 16.1 Å². The average molecular weight is 392 g/mol. The summed E-state index contributed by atoms with van der Waals surface area (Å²) in [6, 6.07) is 14.8. The van der Waals surface area contributed by atoms with Gasteiger partial charge in [-0.2, -0.15) is 0 Å². The molecule has 0 aliphatic carbocycles. The fourth-order valence-electron chi connectivity index (χ4n) is 2.32. The molecular weight excluding hydrogens is 370 g/mol. The summed E-state index contributed by atoms with van der Waals surface area (Å²) in [6.45, 7) is 5.55. The van der Waals surface area contributed by atoms with E-state index in [2.05, 4.69) is 19.2 Å². The Labute approximate surface area is 163 Å². The van der Waals surface area contributed by atoms with Gasteiger partial charge < -0.3 is 10.1 Å². The van der Waals surface area contributed by atoms with Gasteiger partial charge in [0.05, 0.1) is 0 Å². The van der Waals surface area contributed by atoms with E-state index in [0.29, 0.717) is 5.02 Å². The number of thioether (sulfide) groups is 1. The summed E-state index contributed by atoms with van der Waals surface area (Å²) in [7, 11) is 0. The van der Waals surface area contributed by atoms with Crippen LogP contribution in [0.1, 0.15) is 32.3 Å². The molecule has 0 heterocycles. The van der Waals surface area contributed by atoms with E-state index in [1.807, 2.05) is 36.4 Å². The lowest BCUT2D eigenvalue weighted by Gasteiger charge is -2.14. The molecule has 138 valence electrons. The van der Waals surface area contributed by atoms with Crippen molar-refractivity contribution in [1.82, 2.24) is 0 Å². The van der Waals surface area contributed by atoms with E-state index in [-0.39, 0.29) is 18.4 Å². The minimum Gasteiger partial charge on any atom is -0.455 e. The molecule has 0 radical (unpaired) electrons. The van der Waals surface area contributed by atoms with Crippen LogP contribution in [0, 0.1) is 0 Å². The van der Waals surface area contributed by atoms with Crippen LogP contribution in [0.25, 0.3) is 0 Å². The van der Waals surface area contributed by atoms with Crippen molar-refractivity contribution < 1.29 is 14.3 Å². The molecule has 2 aromatic carbocycles. The third-order valence-corrected chi connectivity index (χ3v) is 5.00. The van der Waals surface area contributed by atoms with Crippen molar-refractivity contribution in [3.63, 3.8) is 0 Å². The van der Waals surface area contributed by atoms with Crippen LogP contribution in [0.3, 0.4) is 0 Å². The van der Waals surface area contributed by atoms with Crippen LogP contribution in [-0.4, -0.2) is 23.7 Å². The molecule has 0 aromatic heterocycles. The summed E-state index contributed by atoms with van der Waals surface area (Å²) in [5, 5.41) is 3.02. The number of rotatable bonds is 7. The van der Waals surface area contributed by atoms with Crippen molar-refractivity contribution >= 4 is 40.9 Å². The maximum atomic E-state index is 12.1. The Bertz CT molecular complexity index is 762. The zero-order valence-electron chi connectivity index (χ0n) is 15.0. The molecule has 0 spiro atoms. The minimum atomic E-state index is -0.433. The van der Waals surface area contributed by atoms with Crippen LogP contribution in [0.4, 0.5) is 5.69 Å². The van der Waals surface area contributed by atoms with Crippen molar-refractivity contribution in [1.29, 1.82) is 0 Å². The molecular formula is C20H22ClNO3S. The number of esters is 1. The first-order chi connectivity index (χ1) is 12.4. The van der Waals surface area contributed by atoms with E-state index >= 15 is 0 Å². The molecule has 1 atom stereocenters. The second-order valence-electron chi connectivity index (χ2n) is 6.11. The first-order valence-corrected chi connectivity index (χ1v) is 9.60. The van der Waals surface area contributed by atoms with E-state index in [1.54, 1.807) is 19.1 Å². The standard InChI is InChI=1S/C20H22ClNO3S/c1-13(2)17-6-4-5-7-18(17)22-19(23)12-25-20(24)14(3)26-16-10-8-15(21)9-11-16/h4-11,13-14H,12H2,1-3H3,(H,22,23)/t14-/m1/s1. The topological polar surface area (TPSA) is 55.4 Å². The maximum absolute atomic E-state index is 12.1. The molecule has 2 aromatic rings. The fourth-order valence-corrected chi connectivity index (χ4v) is 3.31. The summed E-state index contributed by atoms with van der Waals surface area (Å²) < 4.78 is 5.14. The number of benzene rings is 2. The summed E-state index contributed by atoms with van der Waals surface area (Å²) in [4.78, 5) is 25.1. The predicted molar refractivity (Wildman–Crippen MR) is 107 cm³/mol. The monoisotopic (exact) mass is 391 g/mol. The highest BCUT2D eigenvalue weighted by molar-refractivity contribution is 8.00. The summed E-state index contributed by atoms with van der Waals surface area (Å²) in [6.07, 6.45) is 0. The van der Waals surface area contributed by atoms with Gasteiger partial charge >= 0.3 is 5.97 Å². The second kappa shape index (κ2) is 9.64. The third-order valence-electron chi connectivity index (χ3n) is 3.66. The van der Waals surface area contributed by atoms with E-state index in [9.17, 15) is 9.59 Å². The van der Waals surface area contributed by atoms with Gasteiger partial charge in [0.25, 0.3) is 5.91 Å². The van der Waals surface area contributed by atoms with Crippen molar-refractivity contribution in [3.05, 3.63) is 59.1 Å². The van der Waals surface area contributed by atoms with Gasteiger partial charge in [0, 0.05) is 15.6 Å². The van der Waals surface area contributed by atoms with Gasteiger partial charge in [0.15, 0.2) is 6.61 Å². The Morgan fingerprint density at radius 2 is 1.73 bits per heavy atom. The summed E-state index contributed by atoms with van der Waals surface area (Å²) in [5.41, 5.74) is 1.78. The Morgan fingerprint density at radius 3 is 2.38 bits per heavy atom. The fraction of sp³-hybridized carbons (Fsp3) is 0.300. The molecule has 0 saturated carbocycles. The average Bonchev–Trinajstić information content (AvgIpc) is 2.61.